The summed E-state index contributed by atoms with van der Waals surface area (Å²) in [4.78, 5) is 25.5. The molecule has 4 nitrogen and oxygen atoms in total. The van der Waals surface area contributed by atoms with E-state index in [-0.39, 0.29) is 11.8 Å². The van der Waals surface area contributed by atoms with Crippen LogP contribution in [0.2, 0.25) is 5.02 Å². The van der Waals surface area contributed by atoms with Gasteiger partial charge in [-0.1, -0.05) is 72.3 Å². The lowest BCUT2D eigenvalue weighted by atomic mass is 9.90. The molecule has 1 atom stereocenters. The minimum absolute atomic E-state index is 0.226. The molecule has 0 unspecified atom stereocenters. The molecule has 0 fully saturated rings. The first-order valence-corrected chi connectivity index (χ1v) is 9.39. The topological polar surface area (TPSA) is 58.2 Å². The number of carbonyl (C=O) groups is 2. The molecule has 0 aliphatic heterocycles. The number of amides is 2. The highest BCUT2D eigenvalue weighted by Gasteiger charge is 2.25. The molecule has 28 heavy (non-hydrogen) atoms. The molecule has 0 bridgehead atoms. The number of benzene rings is 3. The maximum absolute atomic E-state index is 13.0. The lowest BCUT2D eigenvalue weighted by Gasteiger charge is -2.21. The standard InChI is InChI=1S/C23H21ClN2O2/c1-16(22(27)26-20-14-12-19(24)13-15-20)25-23(28)21(17-8-4-2-5-9-17)18-10-6-3-7-11-18/h2-16,21H,1H3,(H,25,28)(H,26,27)/t16-/m0/s1. The van der Waals surface area contributed by atoms with Crippen LogP contribution < -0.4 is 10.6 Å². The first-order valence-electron chi connectivity index (χ1n) is 9.01. The molecule has 0 saturated heterocycles. The Kier molecular flexibility index (Phi) is 6.45. The molecule has 3 rings (SSSR count). The maximum Gasteiger partial charge on any atom is 0.246 e. The van der Waals surface area contributed by atoms with Gasteiger partial charge in [-0.15, -0.1) is 0 Å². The van der Waals surface area contributed by atoms with E-state index < -0.39 is 12.0 Å². The average molecular weight is 393 g/mol. The van der Waals surface area contributed by atoms with Gasteiger partial charge in [-0.3, -0.25) is 9.59 Å². The fraction of sp³-hybridized carbons (Fsp3) is 0.130. The highest BCUT2D eigenvalue weighted by molar-refractivity contribution is 6.30. The van der Waals surface area contributed by atoms with E-state index in [0.29, 0.717) is 10.7 Å². The van der Waals surface area contributed by atoms with E-state index in [9.17, 15) is 9.59 Å². The lowest BCUT2D eigenvalue weighted by molar-refractivity contribution is -0.126. The second-order valence-electron chi connectivity index (χ2n) is 6.48. The van der Waals surface area contributed by atoms with Crippen LogP contribution in [0.3, 0.4) is 0 Å². The molecule has 2 amide bonds. The Balaban J connectivity index is 1.74. The summed E-state index contributed by atoms with van der Waals surface area (Å²) in [5.41, 5.74) is 2.37. The zero-order chi connectivity index (χ0) is 19.9. The molecule has 0 spiro atoms. The molecular formula is C23H21ClN2O2. The summed E-state index contributed by atoms with van der Waals surface area (Å²) in [7, 11) is 0. The Morgan fingerprint density at radius 2 is 1.25 bits per heavy atom. The van der Waals surface area contributed by atoms with Gasteiger partial charge in [0.1, 0.15) is 6.04 Å². The third-order valence-electron chi connectivity index (χ3n) is 4.39. The van der Waals surface area contributed by atoms with Gasteiger partial charge in [0, 0.05) is 10.7 Å². The van der Waals surface area contributed by atoms with Crippen LogP contribution in [0.25, 0.3) is 0 Å². The largest absolute Gasteiger partial charge is 0.344 e. The van der Waals surface area contributed by atoms with Crippen molar-refractivity contribution in [1.29, 1.82) is 0 Å². The van der Waals surface area contributed by atoms with Gasteiger partial charge in [-0.2, -0.15) is 0 Å². The van der Waals surface area contributed by atoms with Crippen molar-refractivity contribution in [3.8, 4) is 0 Å². The van der Waals surface area contributed by atoms with Crippen molar-refractivity contribution in [2.45, 2.75) is 18.9 Å². The van der Waals surface area contributed by atoms with Crippen LogP contribution in [-0.4, -0.2) is 17.9 Å². The van der Waals surface area contributed by atoms with Crippen LogP contribution in [0.1, 0.15) is 24.0 Å². The van der Waals surface area contributed by atoms with Gasteiger partial charge in [0.05, 0.1) is 5.92 Å². The quantitative estimate of drug-likeness (QED) is 0.643. The van der Waals surface area contributed by atoms with Crippen molar-refractivity contribution in [2.24, 2.45) is 0 Å². The average Bonchev–Trinajstić information content (AvgIpc) is 2.71. The number of hydrogen-bond donors (Lipinski definition) is 2. The van der Waals surface area contributed by atoms with Gasteiger partial charge in [0.25, 0.3) is 0 Å². The van der Waals surface area contributed by atoms with Gasteiger partial charge in [0.2, 0.25) is 11.8 Å². The van der Waals surface area contributed by atoms with Gasteiger partial charge in [0.15, 0.2) is 0 Å². The van der Waals surface area contributed by atoms with Gasteiger partial charge < -0.3 is 10.6 Å². The van der Waals surface area contributed by atoms with Crippen LogP contribution in [0.5, 0.6) is 0 Å². The van der Waals surface area contributed by atoms with Crippen LogP contribution in [-0.2, 0) is 9.59 Å². The van der Waals surface area contributed by atoms with Crippen molar-refractivity contribution < 1.29 is 9.59 Å². The molecule has 0 heterocycles. The van der Waals surface area contributed by atoms with Crippen molar-refractivity contribution in [3.05, 3.63) is 101 Å². The molecular weight excluding hydrogens is 372 g/mol. The number of hydrogen-bond acceptors (Lipinski definition) is 2. The third-order valence-corrected chi connectivity index (χ3v) is 4.64. The van der Waals surface area contributed by atoms with Crippen molar-refractivity contribution in [2.75, 3.05) is 5.32 Å². The van der Waals surface area contributed by atoms with Crippen LogP contribution in [0, 0.1) is 0 Å². The summed E-state index contributed by atoms with van der Waals surface area (Å²) < 4.78 is 0. The summed E-state index contributed by atoms with van der Waals surface area (Å²) >= 11 is 5.86. The van der Waals surface area contributed by atoms with E-state index in [1.54, 1.807) is 31.2 Å². The van der Waals surface area contributed by atoms with E-state index in [4.69, 9.17) is 11.6 Å². The minimum atomic E-state index is -0.696. The van der Waals surface area contributed by atoms with E-state index in [1.165, 1.54) is 0 Å². The van der Waals surface area contributed by atoms with E-state index in [2.05, 4.69) is 10.6 Å². The normalized spacial score (nSPS) is 11.7. The molecule has 0 aliphatic rings. The van der Waals surface area contributed by atoms with Crippen molar-refractivity contribution in [1.82, 2.24) is 5.32 Å². The van der Waals surface area contributed by atoms with Crippen molar-refractivity contribution >= 4 is 29.1 Å². The smallest absolute Gasteiger partial charge is 0.246 e. The van der Waals surface area contributed by atoms with E-state index in [1.807, 2.05) is 60.7 Å². The molecule has 142 valence electrons. The zero-order valence-corrected chi connectivity index (χ0v) is 16.2. The summed E-state index contributed by atoms with van der Waals surface area (Å²) in [5, 5.41) is 6.20. The van der Waals surface area contributed by atoms with Crippen LogP contribution in [0.4, 0.5) is 5.69 Å². The summed E-state index contributed by atoms with van der Waals surface area (Å²) in [6.07, 6.45) is 0. The SMILES string of the molecule is C[C@H](NC(=O)C(c1ccccc1)c1ccccc1)C(=O)Nc1ccc(Cl)cc1. The predicted octanol–water partition coefficient (Wildman–Crippen LogP) is 4.62. The minimum Gasteiger partial charge on any atom is -0.344 e. The Bertz CT molecular complexity index is 888. The first kappa shape index (κ1) is 19.6. The monoisotopic (exact) mass is 392 g/mol. The predicted molar refractivity (Wildman–Crippen MR) is 112 cm³/mol. The van der Waals surface area contributed by atoms with Crippen molar-refractivity contribution in [3.63, 3.8) is 0 Å². The zero-order valence-electron chi connectivity index (χ0n) is 15.4. The molecule has 0 radical (unpaired) electrons. The number of halogens is 1. The van der Waals surface area contributed by atoms with Gasteiger partial charge in [-0.25, -0.2) is 0 Å². The number of anilines is 1. The van der Waals surface area contributed by atoms with E-state index >= 15 is 0 Å². The summed E-state index contributed by atoms with van der Waals surface area (Å²) in [6, 6.07) is 25.2. The van der Waals surface area contributed by atoms with Crippen LogP contribution in [0.15, 0.2) is 84.9 Å². The molecule has 0 saturated carbocycles. The molecule has 5 heteroatoms. The van der Waals surface area contributed by atoms with E-state index in [0.717, 1.165) is 11.1 Å². The number of rotatable bonds is 6. The Labute approximate surface area is 169 Å². The highest BCUT2D eigenvalue weighted by Crippen LogP contribution is 2.25. The van der Waals surface area contributed by atoms with Gasteiger partial charge in [-0.05, 0) is 42.3 Å². The number of carbonyl (C=O) groups excluding carboxylic acids is 2. The first-order chi connectivity index (χ1) is 13.5. The van der Waals surface area contributed by atoms with Gasteiger partial charge >= 0.3 is 0 Å². The summed E-state index contributed by atoms with van der Waals surface area (Å²) in [5.74, 6) is -1.01. The second kappa shape index (κ2) is 9.20. The Morgan fingerprint density at radius 3 is 1.75 bits per heavy atom. The number of nitrogens with one attached hydrogen (secondary N) is 2. The second-order valence-corrected chi connectivity index (χ2v) is 6.92. The lowest BCUT2D eigenvalue weighted by Crippen LogP contribution is -2.43. The molecule has 3 aromatic carbocycles. The molecule has 0 aliphatic carbocycles. The third kappa shape index (κ3) is 4.99. The highest BCUT2D eigenvalue weighted by atomic mass is 35.5. The molecule has 2 N–H and O–H groups in total. The fourth-order valence-electron chi connectivity index (χ4n) is 2.93. The van der Waals surface area contributed by atoms with Crippen LogP contribution >= 0.6 is 11.6 Å². The Hall–Kier alpha value is -3.11. The Morgan fingerprint density at radius 1 is 0.750 bits per heavy atom. The summed E-state index contributed by atoms with van der Waals surface area (Å²) in [6.45, 7) is 1.66. The molecule has 0 aromatic heterocycles. The fourth-order valence-corrected chi connectivity index (χ4v) is 3.06. The maximum atomic E-state index is 13.0. The molecule has 3 aromatic rings.